The highest BCUT2D eigenvalue weighted by molar-refractivity contribution is 7.86. The van der Waals surface area contributed by atoms with Crippen LogP contribution in [0.3, 0.4) is 0 Å². The van der Waals surface area contributed by atoms with E-state index in [1.165, 1.54) is 0 Å². The standard InChI is InChI=1S/C10H8O8S2/c11-8-3-5-1-2-6(19(13,14)15)4-7(5)9(12)10(8)20(16,17)18/h1-4,11-12H,(H,13,14,15)(H,16,17,18). The van der Waals surface area contributed by atoms with E-state index in [2.05, 4.69) is 0 Å². The Morgan fingerprint density at radius 3 is 1.95 bits per heavy atom. The molecule has 0 aliphatic carbocycles. The van der Waals surface area contributed by atoms with Crippen LogP contribution in [0.2, 0.25) is 0 Å². The highest BCUT2D eigenvalue weighted by Crippen LogP contribution is 2.39. The van der Waals surface area contributed by atoms with Crippen molar-refractivity contribution in [3.05, 3.63) is 24.3 Å². The second-order valence-electron chi connectivity index (χ2n) is 3.91. The minimum absolute atomic E-state index is 0.111. The number of benzene rings is 2. The molecule has 2 aromatic carbocycles. The van der Waals surface area contributed by atoms with Crippen LogP contribution in [0.1, 0.15) is 0 Å². The average molecular weight is 320 g/mol. The molecule has 8 nitrogen and oxygen atoms in total. The second-order valence-corrected chi connectivity index (χ2v) is 6.69. The lowest BCUT2D eigenvalue weighted by atomic mass is 10.1. The van der Waals surface area contributed by atoms with Crippen molar-refractivity contribution >= 4 is 31.0 Å². The molecule has 20 heavy (non-hydrogen) atoms. The lowest BCUT2D eigenvalue weighted by molar-refractivity contribution is 0.414. The first-order valence-corrected chi connectivity index (χ1v) is 7.83. The summed E-state index contributed by atoms with van der Waals surface area (Å²) >= 11 is 0. The van der Waals surface area contributed by atoms with E-state index < -0.39 is 41.5 Å². The topological polar surface area (TPSA) is 149 Å². The van der Waals surface area contributed by atoms with Gasteiger partial charge in [0.1, 0.15) is 11.5 Å². The summed E-state index contributed by atoms with van der Waals surface area (Å²) in [5.74, 6) is -1.91. The van der Waals surface area contributed by atoms with Crippen LogP contribution in [0.5, 0.6) is 11.5 Å². The molecule has 2 rings (SSSR count). The van der Waals surface area contributed by atoms with Crippen LogP contribution >= 0.6 is 0 Å². The molecule has 0 aromatic heterocycles. The van der Waals surface area contributed by atoms with Gasteiger partial charge in [-0.3, -0.25) is 9.11 Å². The van der Waals surface area contributed by atoms with Gasteiger partial charge < -0.3 is 10.2 Å². The Bertz CT molecular complexity index is 912. The van der Waals surface area contributed by atoms with Crippen molar-refractivity contribution in [1.29, 1.82) is 0 Å². The van der Waals surface area contributed by atoms with Crippen molar-refractivity contribution < 1.29 is 36.2 Å². The number of rotatable bonds is 2. The molecular formula is C10H8O8S2. The third-order valence-electron chi connectivity index (χ3n) is 2.58. The first-order valence-electron chi connectivity index (χ1n) is 4.95. The lowest BCUT2D eigenvalue weighted by Crippen LogP contribution is -2.01. The molecule has 0 aliphatic heterocycles. The molecular weight excluding hydrogens is 312 g/mol. The van der Waals surface area contributed by atoms with Gasteiger partial charge in [-0.25, -0.2) is 0 Å². The van der Waals surface area contributed by atoms with E-state index >= 15 is 0 Å². The second kappa shape index (κ2) is 4.31. The molecule has 0 radical (unpaired) electrons. The molecule has 0 atom stereocenters. The fourth-order valence-electron chi connectivity index (χ4n) is 1.74. The minimum Gasteiger partial charge on any atom is -0.506 e. The molecule has 0 fully saturated rings. The maximum atomic E-state index is 11.1. The number of phenolic OH excluding ortho intramolecular Hbond substituents is 2. The summed E-state index contributed by atoms with van der Waals surface area (Å²) in [6.45, 7) is 0. The van der Waals surface area contributed by atoms with E-state index in [1.54, 1.807) is 0 Å². The Kier molecular flexibility index (Phi) is 3.13. The highest BCUT2D eigenvalue weighted by Gasteiger charge is 2.24. The predicted molar refractivity (Wildman–Crippen MR) is 66.9 cm³/mol. The van der Waals surface area contributed by atoms with Gasteiger partial charge in [-0.05, 0) is 23.6 Å². The normalized spacial score (nSPS) is 12.7. The Morgan fingerprint density at radius 2 is 1.45 bits per heavy atom. The zero-order chi connectivity index (χ0) is 15.3. The minimum atomic E-state index is -4.92. The van der Waals surface area contributed by atoms with Crippen LogP contribution in [-0.2, 0) is 20.2 Å². The van der Waals surface area contributed by atoms with Gasteiger partial charge in [0.2, 0.25) is 0 Å². The van der Waals surface area contributed by atoms with E-state index in [0.717, 1.165) is 24.3 Å². The van der Waals surface area contributed by atoms with Gasteiger partial charge >= 0.3 is 10.1 Å². The molecule has 0 heterocycles. The first kappa shape index (κ1) is 14.5. The average Bonchev–Trinajstić information content (AvgIpc) is 2.25. The zero-order valence-corrected chi connectivity index (χ0v) is 11.2. The number of phenols is 2. The molecule has 2 aromatic rings. The van der Waals surface area contributed by atoms with Crippen LogP contribution < -0.4 is 0 Å². The van der Waals surface area contributed by atoms with Crippen LogP contribution in [0.4, 0.5) is 0 Å². The van der Waals surface area contributed by atoms with Crippen molar-refractivity contribution in [3.8, 4) is 11.5 Å². The maximum Gasteiger partial charge on any atom is 0.301 e. The van der Waals surface area contributed by atoms with Crippen molar-refractivity contribution in [1.82, 2.24) is 0 Å². The Labute approximate surface area is 113 Å². The SMILES string of the molecule is O=S(=O)(O)c1ccc2cc(O)c(S(=O)(=O)O)c(O)c2c1. The quantitative estimate of drug-likeness (QED) is 0.592. The summed E-state index contributed by atoms with van der Waals surface area (Å²) < 4.78 is 61.9. The lowest BCUT2D eigenvalue weighted by Gasteiger charge is -2.09. The molecule has 0 saturated carbocycles. The molecule has 0 unspecified atom stereocenters. The summed E-state index contributed by atoms with van der Waals surface area (Å²) in [6.07, 6.45) is 0. The van der Waals surface area contributed by atoms with Gasteiger partial charge in [0.15, 0.2) is 4.90 Å². The number of hydrogen-bond acceptors (Lipinski definition) is 6. The summed E-state index contributed by atoms with van der Waals surface area (Å²) in [4.78, 5) is -1.72. The van der Waals surface area contributed by atoms with Gasteiger partial charge in [0, 0.05) is 5.39 Å². The van der Waals surface area contributed by atoms with E-state index in [9.17, 15) is 27.0 Å². The molecule has 0 saturated heterocycles. The molecule has 108 valence electrons. The van der Waals surface area contributed by atoms with E-state index in [4.69, 9.17) is 9.11 Å². The Balaban J connectivity index is 2.96. The van der Waals surface area contributed by atoms with Crippen molar-refractivity contribution in [2.45, 2.75) is 9.79 Å². The summed E-state index contributed by atoms with van der Waals surface area (Å²) in [6, 6.07) is 3.88. The van der Waals surface area contributed by atoms with Gasteiger partial charge in [-0.15, -0.1) is 0 Å². The summed E-state index contributed by atoms with van der Waals surface area (Å²) in [5.41, 5.74) is 0. The Morgan fingerprint density at radius 1 is 0.850 bits per heavy atom. The summed E-state index contributed by atoms with van der Waals surface area (Å²) in [7, 11) is -9.47. The molecule has 10 heteroatoms. The van der Waals surface area contributed by atoms with Crippen molar-refractivity contribution in [3.63, 3.8) is 0 Å². The molecule has 0 spiro atoms. The van der Waals surface area contributed by atoms with Crippen molar-refractivity contribution in [2.24, 2.45) is 0 Å². The Hall–Kier alpha value is -1.88. The van der Waals surface area contributed by atoms with Crippen LogP contribution in [0.15, 0.2) is 34.1 Å². The fourth-order valence-corrected chi connectivity index (χ4v) is 2.92. The van der Waals surface area contributed by atoms with E-state index in [1.807, 2.05) is 0 Å². The highest BCUT2D eigenvalue weighted by atomic mass is 32.2. The van der Waals surface area contributed by atoms with Crippen LogP contribution in [0.25, 0.3) is 10.8 Å². The third-order valence-corrected chi connectivity index (χ3v) is 4.34. The van der Waals surface area contributed by atoms with Gasteiger partial charge in [0.05, 0.1) is 4.90 Å². The monoisotopic (exact) mass is 320 g/mol. The van der Waals surface area contributed by atoms with Crippen LogP contribution in [-0.4, -0.2) is 36.2 Å². The van der Waals surface area contributed by atoms with Crippen LogP contribution in [0, 0.1) is 0 Å². The van der Waals surface area contributed by atoms with Gasteiger partial charge in [0.25, 0.3) is 10.1 Å². The zero-order valence-electron chi connectivity index (χ0n) is 9.55. The smallest absolute Gasteiger partial charge is 0.301 e. The number of hydrogen-bond donors (Lipinski definition) is 4. The number of aromatic hydroxyl groups is 2. The molecule has 0 aliphatic rings. The largest absolute Gasteiger partial charge is 0.506 e. The van der Waals surface area contributed by atoms with E-state index in [-0.39, 0.29) is 10.8 Å². The molecule has 4 N–H and O–H groups in total. The third kappa shape index (κ3) is 2.41. The number of fused-ring (bicyclic) bond motifs is 1. The first-order chi connectivity index (χ1) is 9.01. The van der Waals surface area contributed by atoms with Gasteiger partial charge in [-0.2, -0.15) is 16.8 Å². The fraction of sp³-hybridized carbons (Fsp3) is 0. The molecule has 0 bridgehead atoms. The molecule has 0 amide bonds. The summed E-state index contributed by atoms with van der Waals surface area (Å²) in [5, 5.41) is 19.1. The van der Waals surface area contributed by atoms with Crippen molar-refractivity contribution in [2.75, 3.05) is 0 Å². The van der Waals surface area contributed by atoms with Gasteiger partial charge in [-0.1, -0.05) is 6.07 Å². The maximum absolute atomic E-state index is 11.1. The van der Waals surface area contributed by atoms with E-state index in [0.29, 0.717) is 0 Å². The predicted octanol–water partition coefficient (Wildman–Crippen LogP) is 0.744.